The molecule has 0 saturated carbocycles. The smallest absolute Gasteiger partial charge is 0.323 e. The largest absolute Gasteiger partial charge is 0.480 e. The van der Waals surface area contributed by atoms with Crippen molar-refractivity contribution in [2.75, 3.05) is 11.9 Å². The fourth-order valence-corrected chi connectivity index (χ4v) is 2.70. The summed E-state index contributed by atoms with van der Waals surface area (Å²) in [6, 6.07) is 6.42. The van der Waals surface area contributed by atoms with Crippen LogP contribution in [-0.4, -0.2) is 46.3 Å². The summed E-state index contributed by atoms with van der Waals surface area (Å²) in [6.45, 7) is 6.06. The number of hydrogen-bond acceptors (Lipinski definition) is 6. The van der Waals surface area contributed by atoms with E-state index in [4.69, 9.17) is 9.94 Å². The number of amides is 2. The van der Waals surface area contributed by atoms with Crippen LogP contribution < -0.4 is 16.1 Å². The number of unbranched alkanes of at least 4 members (excludes halogenated alkanes) is 3. The Labute approximate surface area is 183 Å². The van der Waals surface area contributed by atoms with Gasteiger partial charge in [0.15, 0.2) is 0 Å². The number of ether oxygens (including phenoxy) is 1. The molecule has 31 heavy (non-hydrogen) atoms. The van der Waals surface area contributed by atoms with Crippen LogP contribution in [0.15, 0.2) is 24.3 Å². The van der Waals surface area contributed by atoms with Gasteiger partial charge in [0.25, 0.3) is 0 Å². The van der Waals surface area contributed by atoms with Gasteiger partial charge in [0.1, 0.15) is 6.04 Å². The minimum absolute atomic E-state index is 0.0710. The lowest BCUT2D eigenvalue weighted by Gasteiger charge is -2.23. The number of rotatable bonds is 14. The molecule has 0 saturated heterocycles. The molecule has 0 aliphatic heterocycles. The SMILES string of the molecule is CC(C)(C)OC[C@H](NCc1ccc(NC(=O)CCCCCCC(=O)NO)cc1)C(=O)O. The summed E-state index contributed by atoms with van der Waals surface area (Å²) in [4.78, 5) is 34.3. The minimum Gasteiger partial charge on any atom is -0.480 e. The first-order chi connectivity index (χ1) is 14.6. The third kappa shape index (κ3) is 12.7. The summed E-state index contributed by atoms with van der Waals surface area (Å²) in [5.41, 5.74) is 2.76. The topological polar surface area (TPSA) is 137 Å². The molecule has 9 heteroatoms. The van der Waals surface area contributed by atoms with Gasteiger partial charge in [-0.05, 0) is 51.3 Å². The lowest BCUT2D eigenvalue weighted by atomic mass is 10.1. The molecule has 1 aromatic carbocycles. The van der Waals surface area contributed by atoms with E-state index in [9.17, 15) is 19.5 Å². The summed E-state index contributed by atoms with van der Waals surface area (Å²) in [5.74, 6) is -1.44. The maximum absolute atomic E-state index is 12.0. The summed E-state index contributed by atoms with van der Waals surface area (Å²) < 4.78 is 5.55. The van der Waals surface area contributed by atoms with Crippen LogP contribution in [0.4, 0.5) is 5.69 Å². The second-order valence-corrected chi connectivity index (χ2v) is 8.39. The molecular formula is C22H35N3O6. The molecule has 1 atom stereocenters. The Morgan fingerprint density at radius 1 is 0.968 bits per heavy atom. The summed E-state index contributed by atoms with van der Waals surface area (Å²) in [7, 11) is 0. The number of aliphatic carboxylic acids is 1. The molecule has 2 amide bonds. The molecule has 1 aromatic rings. The van der Waals surface area contributed by atoms with Crippen LogP contribution in [0.1, 0.15) is 64.9 Å². The Hall–Kier alpha value is -2.49. The van der Waals surface area contributed by atoms with Crippen molar-refractivity contribution in [3.05, 3.63) is 29.8 Å². The van der Waals surface area contributed by atoms with E-state index in [2.05, 4.69) is 10.6 Å². The second-order valence-electron chi connectivity index (χ2n) is 8.39. The van der Waals surface area contributed by atoms with E-state index in [0.717, 1.165) is 24.8 Å². The lowest BCUT2D eigenvalue weighted by molar-refractivity contribution is -0.142. The van der Waals surface area contributed by atoms with Crippen LogP contribution in [0, 0.1) is 0 Å². The number of carboxylic acids is 1. The van der Waals surface area contributed by atoms with E-state index in [1.54, 1.807) is 17.6 Å². The van der Waals surface area contributed by atoms with E-state index in [0.29, 0.717) is 25.1 Å². The highest BCUT2D eigenvalue weighted by atomic mass is 16.5. The van der Waals surface area contributed by atoms with Gasteiger partial charge < -0.3 is 15.2 Å². The predicted molar refractivity (Wildman–Crippen MR) is 117 cm³/mol. The monoisotopic (exact) mass is 437 g/mol. The molecule has 0 fully saturated rings. The van der Waals surface area contributed by atoms with Crippen molar-refractivity contribution in [1.82, 2.24) is 10.8 Å². The number of anilines is 1. The van der Waals surface area contributed by atoms with Crippen LogP contribution in [0.25, 0.3) is 0 Å². The van der Waals surface area contributed by atoms with Crippen molar-refractivity contribution in [2.24, 2.45) is 0 Å². The van der Waals surface area contributed by atoms with Gasteiger partial charge in [-0.3, -0.25) is 24.9 Å². The number of benzene rings is 1. The molecule has 0 heterocycles. The van der Waals surface area contributed by atoms with Gasteiger partial charge in [0.05, 0.1) is 12.2 Å². The van der Waals surface area contributed by atoms with Crippen molar-refractivity contribution >= 4 is 23.5 Å². The molecule has 0 aliphatic rings. The van der Waals surface area contributed by atoms with Gasteiger partial charge in [0, 0.05) is 25.1 Å². The van der Waals surface area contributed by atoms with Gasteiger partial charge >= 0.3 is 5.97 Å². The highest BCUT2D eigenvalue weighted by Gasteiger charge is 2.20. The fourth-order valence-electron chi connectivity index (χ4n) is 2.70. The van der Waals surface area contributed by atoms with Crippen molar-refractivity contribution in [1.29, 1.82) is 0 Å². The van der Waals surface area contributed by atoms with Gasteiger partial charge in [0.2, 0.25) is 11.8 Å². The zero-order valence-electron chi connectivity index (χ0n) is 18.6. The van der Waals surface area contributed by atoms with Crippen molar-refractivity contribution in [3.8, 4) is 0 Å². The quantitative estimate of drug-likeness (QED) is 0.171. The van der Waals surface area contributed by atoms with Crippen molar-refractivity contribution in [3.63, 3.8) is 0 Å². The third-order valence-corrected chi connectivity index (χ3v) is 4.45. The number of carboxylic acid groups (broad SMARTS) is 1. The molecule has 5 N–H and O–H groups in total. The Balaban J connectivity index is 2.33. The Kier molecular flexibility index (Phi) is 11.8. The molecule has 0 unspecified atom stereocenters. The van der Waals surface area contributed by atoms with Crippen molar-refractivity contribution in [2.45, 2.75) is 77.5 Å². The zero-order valence-corrected chi connectivity index (χ0v) is 18.6. The average Bonchev–Trinajstić information content (AvgIpc) is 2.70. The lowest BCUT2D eigenvalue weighted by Crippen LogP contribution is -2.42. The zero-order chi connectivity index (χ0) is 23.3. The summed E-state index contributed by atoms with van der Waals surface area (Å²) in [5, 5.41) is 23.5. The minimum atomic E-state index is -0.968. The van der Waals surface area contributed by atoms with E-state index >= 15 is 0 Å². The molecule has 9 nitrogen and oxygen atoms in total. The van der Waals surface area contributed by atoms with Gasteiger partial charge in [-0.15, -0.1) is 0 Å². The molecule has 0 aliphatic carbocycles. The van der Waals surface area contributed by atoms with Gasteiger partial charge in [-0.2, -0.15) is 0 Å². The van der Waals surface area contributed by atoms with Crippen LogP contribution in [-0.2, 0) is 25.7 Å². The highest BCUT2D eigenvalue weighted by molar-refractivity contribution is 5.90. The van der Waals surface area contributed by atoms with Gasteiger partial charge in [-0.25, -0.2) is 5.48 Å². The van der Waals surface area contributed by atoms with Crippen LogP contribution in [0.3, 0.4) is 0 Å². The van der Waals surface area contributed by atoms with Crippen molar-refractivity contribution < 1.29 is 29.4 Å². The second kappa shape index (κ2) is 13.7. The first-order valence-corrected chi connectivity index (χ1v) is 10.5. The number of nitrogens with one attached hydrogen (secondary N) is 3. The summed E-state index contributed by atoms with van der Waals surface area (Å²) >= 11 is 0. The predicted octanol–water partition coefficient (Wildman–Crippen LogP) is 2.83. The maximum Gasteiger partial charge on any atom is 0.323 e. The number of carbonyl (C=O) groups excluding carboxylic acids is 2. The normalized spacial score (nSPS) is 12.3. The molecular weight excluding hydrogens is 402 g/mol. The Bertz CT molecular complexity index is 700. The number of hydrogen-bond donors (Lipinski definition) is 5. The number of hydroxylamine groups is 1. The average molecular weight is 438 g/mol. The third-order valence-electron chi connectivity index (χ3n) is 4.45. The molecule has 0 bridgehead atoms. The van der Waals surface area contributed by atoms with E-state index in [1.165, 1.54) is 0 Å². The van der Waals surface area contributed by atoms with Crippen LogP contribution in [0.5, 0.6) is 0 Å². The fraction of sp³-hybridized carbons (Fsp3) is 0.591. The Morgan fingerprint density at radius 3 is 2.06 bits per heavy atom. The first-order valence-electron chi connectivity index (χ1n) is 10.5. The molecule has 1 rings (SSSR count). The molecule has 0 radical (unpaired) electrons. The Morgan fingerprint density at radius 2 is 1.55 bits per heavy atom. The van der Waals surface area contributed by atoms with Crippen LogP contribution >= 0.6 is 0 Å². The highest BCUT2D eigenvalue weighted by Crippen LogP contribution is 2.12. The molecule has 0 spiro atoms. The standard InChI is InChI=1S/C22H35N3O6/c1-22(2,3)31-15-18(21(28)29)23-14-16-10-12-17(13-11-16)24-19(26)8-6-4-5-7-9-20(27)25-30/h10-13,18,23,30H,4-9,14-15H2,1-3H3,(H,24,26)(H,25,27)(H,28,29)/t18-/m0/s1. The number of carbonyl (C=O) groups is 3. The van der Waals surface area contributed by atoms with E-state index in [-0.39, 0.29) is 18.9 Å². The first kappa shape index (κ1) is 26.5. The van der Waals surface area contributed by atoms with E-state index < -0.39 is 23.5 Å². The molecule has 0 aromatic heterocycles. The van der Waals surface area contributed by atoms with Gasteiger partial charge in [-0.1, -0.05) is 25.0 Å². The molecule has 174 valence electrons. The maximum atomic E-state index is 12.0. The summed E-state index contributed by atoms with van der Waals surface area (Å²) in [6.07, 6.45) is 3.72. The van der Waals surface area contributed by atoms with Crippen LogP contribution in [0.2, 0.25) is 0 Å². The van der Waals surface area contributed by atoms with E-state index in [1.807, 2.05) is 32.9 Å².